The zero-order chi connectivity index (χ0) is 36.2. The van der Waals surface area contributed by atoms with Gasteiger partial charge in [-0.05, 0) is 19.3 Å². The fraction of sp³-hybridized carbons (Fsp3) is 0.929. The second-order valence-corrected chi connectivity index (χ2v) is 14.0. The Morgan fingerprint density at radius 3 is 0.510 bits per heavy atom. The summed E-state index contributed by atoms with van der Waals surface area (Å²) in [5.41, 5.74) is 0. The van der Waals surface area contributed by atoms with E-state index < -0.39 is 17.9 Å². The third kappa shape index (κ3) is 66.5. The molecule has 296 valence electrons. The summed E-state index contributed by atoms with van der Waals surface area (Å²) in [7, 11) is 0. The van der Waals surface area contributed by atoms with Crippen molar-refractivity contribution >= 4 is 17.9 Å². The van der Waals surface area contributed by atoms with E-state index in [1.165, 1.54) is 173 Å². The fourth-order valence-electron chi connectivity index (χ4n) is 5.82. The van der Waals surface area contributed by atoms with Crippen LogP contribution in [-0.4, -0.2) is 33.2 Å². The van der Waals surface area contributed by atoms with Gasteiger partial charge in [-0.1, -0.05) is 213 Å². The Morgan fingerprint density at radius 1 is 0.265 bits per heavy atom. The van der Waals surface area contributed by atoms with Crippen LogP contribution in [0.5, 0.6) is 0 Å². The number of carboxylic acid groups (broad SMARTS) is 3. The van der Waals surface area contributed by atoms with Gasteiger partial charge in [0.25, 0.3) is 0 Å². The van der Waals surface area contributed by atoms with Gasteiger partial charge in [0.05, 0.1) is 0 Å². The Bertz CT molecular complexity index is 557. The molecule has 6 nitrogen and oxygen atoms in total. The van der Waals surface area contributed by atoms with E-state index in [2.05, 4.69) is 20.8 Å². The number of aliphatic carboxylic acids is 3. The van der Waals surface area contributed by atoms with Crippen LogP contribution in [0.15, 0.2) is 0 Å². The Kier molecular flexibility index (Phi) is 59.0. The van der Waals surface area contributed by atoms with Crippen LogP contribution in [0.3, 0.4) is 0 Å². The molecule has 0 fully saturated rings. The van der Waals surface area contributed by atoms with Crippen LogP contribution in [0, 0.1) is 39.9 Å². The Labute approximate surface area is 337 Å². The molecule has 0 aromatic carbocycles. The molecule has 0 unspecified atom stereocenters. The maximum atomic E-state index is 10.3. The first-order chi connectivity index (χ1) is 23.3. The standard InChI is InChI=1S/3C14H28O2.Gd/c3*1-2-3-4-5-6-7-8-9-10-11-12-13-14(15)16;/h3*2-13H2,1H3,(H,15,16);. The minimum Gasteiger partial charge on any atom is -0.481 e. The summed E-state index contributed by atoms with van der Waals surface area (Å²) in [5.74, 6) is -1.97. The summed E-state index contributed by atoms with van der Waals surface area (Å²) < 4.78 is 0. The first-order valence-corrected chi connectivity index (χ1v) is 21.0. The topological polar surface area (TPSA) is 112 Å². The van der Waals surface area contributed by atoms with Crippen LogP contribution in [0.2, 0.25) is 0 Å². The Balaban J connectivity index is -0.000000307. The van der Waals surface area contributed by atoms with E-state index in [1.54, 1.807) is 0 Å². The number of unbranched alkanes of at least 4 members (excludes halogenated alkanes) is 30. The Hall–Kier alpha value is -0.265. The number of carbonyl (C=O) groups is 3. The zero-order valence-corrected chi connectivity index (χ0v) is 35.1. The van der Waals surface area contributed by atoms with Crippen molar-refractivity contribution < 1.29 is 69.6 Å². The van der Waals surface area contributed by atoms with Gasteiger partial charge >= 0.3 is 17.9 Å². The predicted molar refractivity (Wildman–Crippen MR) is 206 cm³/mol. The van der Waals surface area contributed by atoms with Crippen LogP contribution < -0.4 is 0 Å². The molecule has 3 N–H and O–H groups in total. The van der Waals surface area contributed by atoms with Crippen molar-refractivity contribution in [3.8, 4) is 0 Å². The molecule has 0 atom stereocenters. The summed E-state index contributed by atoms with van der Waals surface area (Å²) >= 11 is 0. The SMILES string of the molecule is CCCCCCCCCCCCCC(=O)O.CCCCCCCCCCCCCC(=O)O.CCCCCCCCCCCCCC(=O)O.[Gd]. The molecule has 0 radical (unpaired) electrons. The van der Waals surface area contributed by atoms with Crippen molar-refractivity contribution in [3.63, 3.8) is 0 Å². The quantitative estimate of drug-likeness (QED) is 0.0542. The van der Waals surface area contributed by atoms with E-state index in [1.807, 2.05) is 0 Å². The molecular formula is C42H84GdO6. The summed E-state index contributed by atoms with van der Waals surface area (Å²) in [6.07, 6.45) is 43.1. The van der Waals surface area contributed by atoms with Crippen LogP contribution in [0.1, 0.15) is 252 Å². The predicted octanol–water partition coefficient (Wildman–Crippen LogP) is 14.3. The maximum absolute atomic E-state index is 10.3. The van der Waals surface area contributed by atoms with Crippen LogP contribution >= 0.6 is 0 Å². The van der Waals surface area contributed by atoms with Gasteiger partial charge in [0, 0.05) is 59.2 Å². The molecule has 0 bridgehead atoms. The van der Waals surface area contributed by atoms with Gasteiger partial charge < -0.3 is 15.3 Å². The van der Waals surface area contributed by atoms with Crippen LogP contribution in [0.25, 0.3) is 0 Å². The third-order valence-corrected chi connectivity index (χ3v) is 8.98. The molecule has 0 saturated carbocycles. The number of rotatable bonds is 36. The average Bonchev–Trinajstić information content (AvgIpc) is 3.05. The normalized spacial score (nSPS) is 10.3. The van der Waals surface area contributed by atoms with Crippen LogP contribution in [0.4, 0.5) is 0 Å². The second kappa shape index (κ2) is 52.1. The molecule has 7 heteroatoms. The number of carboxylic acids is 3. The summed E-state index contributed by atoms with van der Waals surface area (Å²) in [6, 6.07) is 0. The molecule has 0 spiro atoms. The van der Waals surface area contributed by atoms with Crippen molar-refractivity contribution in [1.82, 2.24) is 0 Å². The van der Waals surface area contributed by atoms with E-state index in [4.69, 9.17) is 15.3 Å². The fourth-order valence-corrected chi connectivity index (χ4v) is 5.82. The smallest absolute Gasteiger partial charge is 0.303 e. The van der Waals surface area contributed by atoms with Gasteiger partial charge in [0.2, 0.25) is 0 Å². The van der Waals surface area contributed by atoms with Crippen molar-refractivity contribution in [2.45, 2.75) is 252 Å². The molecular weight excluding hydrogens is 758 g/mol. The van der Waals surface area contributed by atoms with Gasteiger partial charge in [-0.15, -0.1) is 0 Å². The average molecular weight is 842 g/mol. The molecule has 0 aliphatic rings. The second-order valence-electron chi connectivity index (χ2n) is 14.0. The van der Waals surface area contributed by atoms with E-state index in [0.717, 1.165) is 38.5 Å². The van der Waals surface area contributed by atoms with Crippen molar-refractivity contribution in [3.05, 3.63) is 0 Å². The summed E-state index contributed by atoms with van der Waals surface area (Å²) in [4.78, 5) is 30.8. The monoisotopic (exact) mass is 843 g/mol. The summed E-state index contributed by atoms with van der Waals surface area (Å²) in [6.45, 7) is 6.74. The molecule has 0 heterocycles. The van der Waals surface area contributed by atoms with Gasteiger partial charge in [-0.25, -0.2) is 0 Å². The first kappa shape index (κ1) is 55.5. The van der Waals surface area contributed by atoms with Crippen molar-refractivity contribution in [2.75, 3.05) is 0 Å². The third-order valence-electron chi connectivity index (χ3n) is 8.98. The maximum Gasteiger partial charge on any atom is 0.303 e. The molecule has 0 saturated heterocycles. The first-order valence-electron chi connectivity index (χ1n) is 21.0. The van der Waals surface area contributed by atoms with Crippen LogP contribution in [-0.2, 0) is 14.4 Å². The molecule has 0 rings (SSSR count). The molecule has 0 amide bonds. The largest absolute Gasteiger partial charge is 0.481 e. The van der Waals surface area contributed by atoms with Gasteiger partial charge in [0.1, 0.15) is 0 Å². The van der Waals surface area contributed by atoms with E-state index in [-0.39, 0.29) is 39.9 Å². The zero-order valence-electron chi connectivity index (χ0n) is 32.9. The molecule has 0 aliphatic heterocycles. The molecule has 0 aromatic rings. The minimum absolute atomic E-state index is 0. The van der Waals surface area contributed by atoms with Crippen molar-refractivity contribution in [2.24, 2.45) is 0 Å². The van der Waals surface area contributed by atoms with Crippen molar-refractivity contribution in [1.29, 1.82) is 0 Å². The van der Waals surface area contributed by atoms with E-state index >= 15 is 0 Å². The van der Waals surface area contributed by atoms with Gasteiger partial charge in [0.15, 0.2) is 0 Å². The van der Waals surface area contributed by atoms with E-state index in [0.29, 0.717) is 19.3 Å². The molecule has 0 aromatic heterocycles. The van der Waals surface area contributed by atoms with Gasteiger partial charge in [-0.3, -0.25) is 14.4 Å². The Morgan fingerprint density at radius 2 is 0.388 bits per heavy atom. The van der Waals surface area contributed by atoms with Gasteiger partial charge in [-0.2, -0.15) is 0 Å². The molecule has 0 aliphatic carbocycles. The molecule has 49 heavy (non-hydrogen) atoms. The van der Waals surface area contributed by atoms with E-state index in [9.17, 15) is 14.4 Å². The number of hydrogen-bond donors (Lipinski definition) is 3. The summed E-state index contributed by atoms with van der Waals surface area (Å²) in [5, 5.41) is 25.4. The minimum atomic E-state index is -0.657. The number of hydrogen-bond acceptors (Lipinski definition) is 3.